The van der Waals surface area contributed by atoms with Gasteiger partial charge < -0.3 is 15.6 Å². The van der Waals surface area contributed by atoms with Gasteiger partial charge in [0.25, 0.3) is 0 Å². The predicted octanol–water partition coefficient (Wildman–Crippen LogP) is 1.58. The van der Waals surface area contributed by atoms with Crippen LogP contribution in [0.25, 0.3) is 0 Å². The van der Waals surface area contributed by atoms with Crippen molar-refractivity contribution in [2.75, 3.05) is 7.11 Å². The predicted molar refractivity (Wildman–Crippen MR) is 57.2 cm³/mol. The van der Waals surface area contributed by atoms with E-state index in [0.717, 1.165) is 13.2 Å². The molecule has 0 saturated carbocycles. The molecule has 0 fully saturated rings. The number of benzene rings is 1. The number of carboxylic acids is 1. The van der Waals surface area contributed by atoms with E-state index in [1.54, 1.807) is 0 Å². The molecule has 1 rings (SSSR count). The third-order valence-electron chi connectivity index (χ3n) is 2.15. The molecule has 0 aromatic heterocycles. The van der Waals surface area contributed by atoms with Crippen molar-refractivity contribution in [1.29, 1.82) is 0 Å². The van der Waals surface area contributed by atoms with E-state index in [2.05, 4.69) is 4.74 Å². The quantitative estimate of drug-likeness (QED) is 0.811. The molecule has 1 aromatic carbocycles. The molecule has 0 bridgehead atoms. The Morgan fingerprint density at radius 1 is 1.59 bits per heavy atom. The first kappa shape index (κ1) is 13.7. The molecule has 1 aromatic rings. The topological polar surface area (TPSA) is 72.5 Å². The van der Waals surface area contributed by atoms with Crippen LogP contribution in [0, 0.1) is 11.6 Å². The fraction of sp³-hybridized carbons (Fsp3) is 0.300. The minimum Gasteiger partial charge on any atom is -0.491 e. The fourth-order valence-corrected chi connectivity index (χ4v) is 1.50. The normalized spacial score (nSPS) is 12.3. The summed E-state index contributed by atoms with van der Waals surface area (Å²) in [6, 6.07) is -0.298. The van der Waals surface area contributed by atoms with Crippen molar-refractivity contribution in [2.24, 2.45) is 5.73 Å². The Kier molecular flexibility index (Phi) is 4.25. The van der Waals surface area contributed by atoms with Crippen LogP contribution in [0.2, 0.25) is 5.02 Å². The van der Waals surface area contributed by atoms with Crippen molar-refractivity contribution in [1.82, 2.24) is 0 Å². The van der Waals surface area contributed by atoms with Gasteiger partial charge in [0.05, 0.1) is 12.1 Å². The Balaban J connectivity index is 3.17. The maximum Gasteiger partial charge on any atom is 0.320 e. The third kappa shape index (κ3) is 2.83. The van der Waals surface area contributed by atoms with E-state index in [-0.39, 0.29) is 17.0 Å². The number of halogens is 3. The second kappa shape index (κ2) is 5.29. The van der Waals surface area contributed by atoms with E-state index in [4.69, 9.17) is 22.4 Å². The van der Waals surface area contributed by atoms with Gasteiger partial charge in [0.15, 0.2) is 17.4 Å². The van der Waals surface area contributed by atoms with Crippen LogP contribution in [-0.2, 0) is 11.2 Å². The van der Waals surface area contributed by atoms with Crippen LogP contribution in [0.15, 0.2) is 6.07 Å². The van der Waals surface area contributed by atoms with Gasteiger partial charge in [-0.15, -0.1) is 0 Å². The Bertz CT molecular complexity index is 454. The highest BCUT2D eigenvalue weighted by Crippen LogP contribution is 2.31. The molecule has 94 valence electrons. The molecule has 1 unspecified atom stereocenters. The number of nitrogens with two attached hydrogens (primary N) is 1. The monoisotopic (exact) mass is 265 g/mol. The summed E-state index contributed by atoms with van der Waals surface area (Å²) in [4.78, 5) is 10.5. The van der Waals surface area contributed by atoms with E-state index >= 15 is 0 Å². The van der Waals surface area contributed by atoms with Gasteiger partial charge in [-0.2, -0.15) is 0 Å². The van der Waals surface area contributed by atoms with Gasteiger partial charge in [-0.25, -0.2) is 8.78 Å². The minimum atomic E-state index is -1.30. The molecule has 0 heterocycles. The van der Waals surface area contributed by atoms with Gasteiger partial charge in [0.2, 0.25) is 0 Å². The van der Waals surface area contributed by atoms with Crippen LogP contribution in [0.1, 0.15) is 5.56 Å². The van der Waals surface area contributed by atoms with E-state index < -0.39 is 29.4 Å². The summed E-state index contributed by atoms with van der Waals surface area (Å²) in [5, 5.41) is 8.25. The molecule has 0 spiro atoms. The average Bonchev–Trinajstić information content (AvgIpc) is 2.26. The van der Waals surface area contributed by atoms with E-state index in [0.29, 0.717) is 0 Å². The first-order chi connectivity index (χ1) is 7.88. The third-order valence-corrected chi connectivity index (χ3v) is 2.43. The zero-order valence-corrected chi connectivity index (χ0v) is 9.59. The highest BCUT2D eigenvalue weighted by atomic mass is 35.5. The van der Waals surface area contributed by atoms with Crippen LogP contribution in [0.5, 0.6) is 5.75 Å². The molecule has 7 heteroatoms. The molecule has 0 aliphatic carbocycles. The van der Waals surface area contributed by atoms with Crippen molar-refractivity contribution in [3.8, 4) is 5.75 Å². The van der Waals surface area contributed by atoms with Crippen LogP contribution < -0.4 is 10.5 Å². The summed E-state index contributed by atoms with van der Waals surface area (Å²) < 4.78 is 31.5. The summed E-state index contributed by atoms with van der Waals surface area (Å²) in [5.74, 6) is -3.96. The molecule has 0 aliphatic heterocycles. The zero-order chi connectivity index (χ0) is 13.2. The molecule has 0 aliphatic rings. The lowest BCUT2D eigenvalue weighted by molar-refractivity contribution is -0.138. The maximum atomic E-state index is 13.7. The highest BCUT2D eigenvalue weighted by Gasteiger charge is 2.21. The van der Waals surface area contributed by atoms with Crippen molar-refractivity contribution in [3.63, 3.8) is 0 Å². The lowest BCUT2D eigenvalue weighted by Crippen LogP contribution is -2.32. The number of aliphatic carboxylic acids is 1. The minimum absolute atomic E-state index is 0.108. The summed E-state index contributed by atoms with van der Waals surface area (Å²) in [6.45, 7) is 0. The van der Waals surface area contributed by atoms with Crippen molar-refractivity contribution < 1.29 is 23.4 Å². The van der Waals surface area contributed by atoms with Crippen LogP contribution in [0.4, 0.5) is 8.78 Å². The second-order valence-electron chi connectivity index (χ2n) is 3.33. The van der Waals surface area contributed by atoms with Gasteiger partial charge in [-0.1, -0.05) is 11.6 Å². The van der Waals surface area contributed by atoms with Gasteiger partial charge in [-0.05, 0) is 11.6 Å². The lowest BCUT2D eigenvalue weighted by atomic mass is 10.1. The summed E-state index contributed by atoms with van der Waals surface area (Å²) in [5.41, 5.74) is 5.14. The van der Waals surface area contributed by atoms with Crippen LogP contribution in [0.3, 0.4) is 0 Å². The smallest absolute Gasteiger partial charge is 0.320 e. The van der Waals surface area contributed by atoms with Crippen molar-refractivity contribution in [2.45, 2.75) is 12.5 Å². The Morgan fingerprint density at radius 3 is 2.65 bits per heavy atom. The SMILES string of the molecule is COc1c(F)c(Cl)cc(CC(N)C(=O)O)c1F. The molecule has 1 atom stereocenters. The van der Waals surface area contributed by atoms with Gasteiger partial charge in [0, 0.05) is 6.42 Å². The zero-order valence-electron chi connectivity index (χ0n) is 8.84. The van der Waals surface area contributed by atoms with E-state index in [9.17, 15) is 13.6 Å². The number of carboxylic acid groups (broad SMARTS) is 1. The number of hydrogen-bond acceptors (Lipinski definition) is 3. The first-order valence-electron chi connectivity index (χ1n) is 4.57. The van der Waals surface area contributed by atoms with Crippen molar-refractivity contribution in [3.05, 3.63) is 28.3 Å². The lowest BCUT2D eigenvalue weighted by Gasteiger charge is -2.12. The molecule has 0 amide bonds. The number of carbonyl (C=O) groups is 1. The average molecular weight is 266 g/mol. The molecule has 17 heavy (non-hydrogen) atoms. The Hall–Kier alpha value is -1.40. The number of ether oxygens (including phenoxy) is 1. The molecule has 0 radical (unpaired) electrons. The second-order valence-corrected chi connectivity index (χ2v) is 3.73. The number of methoxy groups -OCH3 is 1. The summed E-state index contributed by atoms with van der Waals surface area (Å²) >= 11 is 5.52. The summed E-state index contributed by atoms with van der Waals surface area (Å²) in [7, 11) is 1.08. The maximum absolute atomic E-state index is 13.7. The largest absolute Gasteiger partial charge is 0.491 e. The van der Waals surface area contributed by atoms with Crippen LogP contribution in [-0.4, -0.2) is 24.2 Å². The number of hydrogen-bond donors (Lipinski definition) is 2. The van der Waals surface area contributed by atoms with E-state index in [1.165, 1.54) is 0 Å². The molecular formula is C10H10ClF2NO3. The van der Waals surface area contributed by atoms with Gasteiger partial charge >= 0.3 is 5.97 Å². The number of rotatable bonds is 4. The fourth-order valence-electron chi connectivity index (χ4n) is 1.28. The van der Waals surface area contributed by atoms with E-state index in [1.807, 2.05) is 0 Å². The molecule has 4 nitrogen and oxygen atoms in total. The first-order valence-corrected chi connectivity index (χ1v) is 4.95. The van der Waals surface area contributed by atoms with Crippen LogP contribution >= 0.6 is 11.6 Å². The standard InChI is InChI=1S/C10H10ClF2NO3/c1-17-9-7(12)4(2-5(11)8(9)13)3-6(14)10(15)16/h2,6H,3,14H2,1H3,(H,15,16). The highest BCUT2D eigenvalue weighted by molar-refractivity contribution is 6.31. The summed E-state index contributed by atoms with van der Waals surface area (Å²) in [6.07, 6.45) is -0.308. The van der Waals surface area contributed by atoms with Crippen molar-refractivity contribution >= 4 is 17.6 Å². The Labute approximate surface area is 101 Å². The van der Waals surface area contributed by atoms with Gasteiger partial charge in [-0.3, -0.25) is 4.79 Å². The molecule has 3 N–H and O–H groups in total. The Morgan fingerprint density at radius 2 is 2.18 bits per heavy atom. The van der Waals surface area contributed by atoms with Gasteiger partial charge in [0.1, 0.15) is 6.04 Å². The molecular weight excluding hydrogens is 256 g/mol. The molecule has 0 saturated heterocycles.